The summed E-state index contributed by atoms with van der Waals surface area (Å²) in [6, 6.07) is 5.88. The number of nitrogens with zero attached hydrogens (tertiary/aromatic N) is 1. The minimum absolute atomic E-state index is 0.453. The molecule has 1 heterocycles. The first-order valence-electron chi connectivity index (χ1n) is 4.74. The van der Waals surface area contributed by atoms with Crippen LogP contribution in [0.1, 0.15) is 11.3 Å². The Morgan fingerprint density at radius 2 is 2.31 bits per heavy atom. The number of halogens is 1. The fraction of sp³-hybridized carbons (Fsp3) is 0.182. The second-order valence-electron chi connectivity index (χ2n) is 3.38. The van der Waals surface area contributed by atoms with Crippen LogP contribution in [0.15, 0.2) is 28.1 Å². The van der Waals surface area contributed by atoms with Gasteiger partial charge in [0.1, 0.15) is 12.4 Å². The molecule has 0 aliphatic heterocycles. The Labute approximate surface area is 106 Å². The van der Waals surface area contributed by atoms with Crippen molar-refractivity contribution in [3.05, 3.63) is 39.3 Å². The number of ether oxygens (including phenoxy) is 1. The smallest absolute Gasteiger partial charge is 0.180 e. The maximum atomic E-state index is 5.61. The van der Waals surface area contributed by atoms with Crippen molar-refractivity contribution in [3.63, 3.8) is 0 Å². The molecule has 1 aromatic heterocycles. The lowest BCUT2D eigenvalue weighted by Crippen LogP contribution is -1.96. The van der Waals surface area contributed by atoms with E-state index in [0.717, 1.165) is 21.5 Å². The highest BCUT2D eigenvalue weighted by Gasteiger charge is 2.01. The molecule has 0 aliphatic carbocycles. The second kappa shape index (κ2) is 4.84. The molecule has 0 amide bonds. The van der Waals surface area contributed by atoms with Gasteiger partial charge in [-0.25, -0.2) is 4.98 Å². The number of aromatic nitrogens is 1. The standard InChI is InChI=1S/C11H11BrN2OS/c1-7-4-9(2-3-10(7)12)15-5-8-6-16-11(13)14-8/h2-4,6H,5H2,1H3,(H2,13,14). The predicted octanol–water partition coefficient (Wildman–Crippen LogP) is 3.38. The molecule has 0 saturated carbocycles. The van der Waals surface area contributed by atoms with E-state index in [0.29, 0.717) is 11.7 Å². The minimum Gasteiger partial charge on any atom is -0.487 e. The van der Waals surface area contributed by atoms with Gasteiger partial charge < -0.3 is 10.5 Å². The van der Waals surface area contributed by atoms with Crippen molar-refractivity contribution in [1.29, 1.82) is 0 Å². The third-order valence-corrected chi connectivity index (χ3v) is 3.70. The van der Waals surface area contributed by atoms with Crippen molar-refractivity contribution >= 4 is 32.4 Å². The first-order chi connectivity index (χ1) is 7.65. The zero-order valence-electron chi connectivity index (χ0n) is 8.74. The van der Waals surface area contributed by atoms with E-state index < -0.39 is 0 Å². The summed E-state index contributed by atoms with van der Waals surface area (Å²) in [5.41, 5.74) is 7.55. The van der Waals surface area contributed by atoms with Gasteiger partial charge in [-0.3, -0.25) is 0 Å². The van der Waals surface area contributed by atoms with Crippen LogP contribution in [0, 0.1) is 6.92 Å². The zero-order chi connectivity index (χ0) is 11.5. The van der Waals surface area contributed by atoms with E-state index in [-0.39, 0.29) is 0 Å². The van der Waals surface area contributed by atoms with Crippen molar-refractivity contribution in [3.8, 4) is 5.75 Å². The summed E-state index contributed by atoms with van der Waals surface area (Å²) in [6.45, 7) is 2.48. The molecular weight excluding hydrogens is 288 g/mol. The van der Waals surface area contributed by atoms with Crippen LogP contribution < -0.4 is 10.5 Å². The van der Waals surface area contributed by atoms with Crippen LogP contribution in [-0.2, 0) is 6.61 Å². The van der Waals surface area contributed by atoms with Gasteiger partial charge >= 0.3 is 0 Å². The Balaban J connectivity index is 2.02. The summed E-state index contributed by atoms with van der Waals surface area (Å²) in [7, 11) is 0. The maximum Gasteiger partial charge on any atom is 0.180 e. The summed E-state index contributed by atoms with van der Waals surface area (Å²) >= 11 is 4.87. The van der Waals surface area contributed by atoms with Gasteiger partial charge in [0.05, 0.1) is 5.69 Å². The second-order valence-corrected chi connectivity index (χ2v) is 5.12. The van der Waals surface area contributed by atoms with E-state index in [9.17, 15) is 0 Å². The van der Waals surface area contributed by atoms with Crippen molar-refractivity contribution in [2.24, 2.45) is 0 Å². The van der Waals surface area contributed by atoms with Gasteiger partial charge in [0.15, 0.2) is 5.13 Å². The average molecular weight is 299 g/mol. The van der Waals surface area contributed by atoms with Crippen molar-refractivity contribution in [2.75, 3.05) is 5.73 Å². The quantitative estimate of drug-likeness (QED) is 0.945. The lowest BCUT2D eigenvalue weighted by Gasteiger charge is -2.06. The molecule has 0 bridgehead atoms. The molecular formula is C11H11BrN2OS. The highest BCUT2D eigenvalue weighted by molar-refractivity contribution is 9.10. The number of rotatable bonds is 3. The molecule has 0 saturated heterocycles. The number of aryl methyl sites for hydroxylation is 1. The first-order valence-corrected chi connectivity index (χ1v) is 6.41. The lowest BCUT2D eigenvalue weighted by atomic mass is 10.2. The first kappa shape index (κ1) is 11.4. The Morgan fingerprint density at radius 3 is 2.94 bits per heavy atom. The minimum atomic E-state index is 0.453. The topological polar surface area (TPSA) is 48.1 Å². The lowest BCUT2D eigenvalue weighted by molar-refractivity contribution is 0.302. The van der Waals surface area contributed by atoms with Crippen LogP contribution in [0.3, 0.4) is 0 Å². The number of nitrogens with two attached hydrogens (primary N) is 1. The van der Waals surface area contributed by atoms with Crippen molar-refractivity contribution < 1.29 is 4.74 Å². The Kier molecular flexibility index (Phi) is 3.46. The summed E-state index contributed by atoms with van der Waals surface area (Å²) in [6.07, 6.45) is 0. The zero-order valence-corrected chi connectivity index (χ0v) is 11.1. The molecule has 2 aromatic rings. The number of thiazole rings is 1. The van der Waals surface area contributed by atoms with E-state index in [1.807, 2.05) is 30.5 Å². The fourth-order valence-electron chi connectivity index (χ4n) is 1.25. The van der Waals surface area contributed by atoms with Crippen LogP contribution in [0.2, 0.25) is 0 Å². The molecule has 5 heteroatoms. The summed E-state index contributed by atoms with van der Waals surface area (Å²) in [5, 5.41) is 2.48. The van der Waals surface area contributed by atoms with Crippen LogP contribution in [0.25, 0.3) is 0 Å². The molecule has 0 unspecified atom stereocenters. The molecule has 16 heavy (non-hydrogen) atoms. The van der Waals surface area contributed by atoms with Gasteiger partial charge in [-0.05, 0) is 30.7 Å². The van der Waals surface area contributed by atoms with Gasteiger partial charge in [-0.2, -0.15) is 0 Å². The molecule has 0 aliphatic rings. The van der Waals surface area contributed by atoms with Crippen molar-refractivity contribution in [2.45, 2.75) is 13.5 Å². The summed E-state index contributed by atoms with van der Waals surface area (Å²) in [4.78, 5) is 4.13. The Hall–Kier alpha value is -1.07. The molecule has 2 N–H and O–H groups in total. The molecule has 0 atom stereocenters. The molecule has 3 nitrogen and oxygen atoms in total. The summed E-state index contributed by atoms with van der Waals surface area (Å²) in [5.74, 6) is 0.840. The molecule has 0 spiro atoms. The number of anilines is 1. The number of hydrogen-bond acceptors (Lipinski definition) is 4. The largest absolute Gasteiger partial charge is 0.487 e. The molecule has 0 fully saturated rings. The van der Waals surface area contributed by atoms with E-state index >= 15 is 0 Å². The number of hydrogen-bond donors (Lipinski definition) is 1. The van der Waals surface area contributed by atoms with Crippen LogP contribution in [-0.4, -0.2) is 4.98 Å². The van der Waals surface area contributed by atoms with Crippen LogP contribution >= 0.6 is 27.3 Å². The molecule has 1 aromatic carbocycles. The third-order valence-electron chi connectivity index (χ3n) is 2.09. The van der Waals surface area contributed by atoms with E-state index in [1.165, 1.54) is 11.3 Å². The average Bonchev–Trinajstić information content (AvgIpc) is 2.66. The van der Waals surface area contributed by atoms with Gasteiger partial charge in [-0.1, -0.05) is 15.9 Å². The summed E-state index contributed by atoms with van der Waals surface area (Å²) < 4.78 is 6.69. The highest BCUT2D eigenvalue weighted by Crippen LogP contribution is 2.22. The SMILES string of the molecule is Cc1cc(OCc2csc(N)n2)ccc1Br. The van der Waals surface area contributed by atoms with Crippen LogP contribution in [0.4, 0.5) is 5.13 Å². The molecule has 2 rings (SSSR count). The van der Waals surface area contributed by atoms with E-state index in [2.05, 4.69) is 20.9 Å². The molecule has 0 radical (unpaired) electrons. The highest BCUT2D eigenvalue weighted by atomic mass is 79.9. The normalized spacial score (nSPS) is 10.4. The molecule has 84 valence electrons. The number of nitrogen functional groups attached to an aromatic ring is 1. The monoisotopic (exact) mass is 298 g/mol. The van der Waals surface area contributed by atoms with Crippen LogP contribution in [0.5, 0.6) is 5.75 Å². The predicted molar refractivity (Wildman–Crippen MR) is 69.7 cm³/mol. The number of benzene rings is 1. The van der Waals surface area contributed by atoms with Gasteiger partial charge in [0.2, 0.25) is 0 Å². The van der Waals surface area contributed by atoms with E-state index in [4.69, 9.17) is 10.5 Å². The van der Waals surface area contributed by atoms with Gasteiger partial charge in [0.25, 0.3) is 0 Å². The van der Waals surface area contributed by atoms with Gasteiger partial charge in [0, 0.05) is 9.85 Å². The van der Waals surface area contributed by atoms with Crippen molar-refractivity contribution in [1.82, 2.24) is 4.98 Å². The van der Waals surface area contributed by atoms with Gasteiger partial charge in [-0.15, -0.1) is 11.3 Å². The Bertz CT molecular complexity index is 498. The Morgan fingerprint density at radius 1 is 1.50 bits per heavy atom. The van der Waals surface area contributed by atoms with E-state index in [1.54, 1.807) is 0 Å². The fourth-order valence-corrected chi connectivity index (χ4v) is 2.05. The third kappa shape index (κ3) is 2.74. The maximum absolute atomic E-state index is 5.61.